The summed E-state index contributed by atoms with van der Waals surface area (Å²) in [6.45, 7) is 9.27. The zero-order valence-corrected chi connectivity index (χ0v) is 16.4. The first kappa shape index (κ1) is 17.3. The molecule has 26 heavy (non-hydrogen) atoms. The van der Waals surface area contributed by atoms with Crippen molar-refractivity contribution in [3.05, 3.63) is 63.5 Å². The number of fused-ring (bicyclic) bond motifs is 1. The molecule has 0 saturated heterocycles. The van der Waals surface area contributed by atoms with Gasteiger partial charge in [0.1, 0.15) is 5.82 Å². The maximum atomic E-state index is 4.79. The molecule has 4 nitrogen and oxygen atoms in total. The molecule has 1 aromatic carbocycles. The van der Waals surface area contributed by atoms with Gasteiger partial charge in [0.15, 0.2) is 0 Å². The lowest BCUT2D eigenvalue weighted by molar-refractivity contribution is 0.244. The van der Waals surface area contributed by atoms with Crippen molar-refractivity contribution in [1.29, 1.82) is 0 Å². The molecule has 5 heteroatoms. The van der Waals surface area contributed by atoms with E-state index in [-0.39, 0.29) is 0 Å². The second-order valence-corrected chi connectivity index (χ2v) is 8.47. The van der Waals surface area contributed by atoms with E-state index in [9.17, 15) is 0 Å². The molecule has 3 heterocycles. The van der Waals surface area contributed by atoms with Gasteiger partial charge in [0, 0.05) is 59.9 Å². The molecule has 0 atom stereocenters. The van der Waals surface area contributed by atoms with Gasteiger partial charge in [-0.15, -0.1) is 11.3 Å². The number of rotatable bonds is 4. The Kier molecular flexibility index (Phi) is 4.83. The van der Waals surface area contributed by atoms with Gasteiger partial charge >= 0.3 is 0 Å². The van der Waals surface area contributed by atoms with Crippen molar-refractivity contribution in [1.82, 2.24) is 19.9 Å². The van der Waals surface area contributed by atoms with Crippen LogP contribution in [0.1, 0.15) is 46.7 Å². The van der Waals surface area contributed by atoms with Crippen molar-refractivity contribution in [2.24, 2.45) is 0 Å². The van der Waals surface area contributed by atoms with Crippen molar-refractivity contribution < 1.29 is 0 Å². The molecule has 0 aliphatic carbocycles. The standard InChI is InChI=1S/C21H24N4S/c1-14(2)21-22-11-17-12-25(10-9-18(17)24-21)13-19-20(23-15(3)26-19)16-7-5-4-6-8-16/h4-8,11,14H,9-10,12-13H2,1-3H3. The van der Waals surface area contributed by atoms with Crippen molar-refractivity contribution in [2.45, 2.75) is 46.2 Å². The molecule has 1 aliphatic rings. The van der Waals surface area contributed by atoms with Gasteiger partial charge in [-0.3, -0.25) is 4.90 Å². The molecule has 0 spiro atoms. The van der Waals surface area contributed by atoms with Crippen LogP contribution in [0.5, 0.6) is 0 Å². The Hall–Kier alpha value is -2.11. The molecule has 0 bridgehead atoms. The van der Waals surface area contributed by atoms with Crippen LogP contribution in [0.4, 0.5) is 0 Å². The summed E-state index contributed by atoms with van der Waals surface area (Å²) in [4.78, 5) is 18.0. The zero-order chi connectivity index (χ0) is 18.1. The minimum absolute atomic E-state index is 0.381. The molecule has 0 N–H and O–H groups in total. The third-order valence-electron chi connectivity index (χ3n) is 4.77. The first-order valence-electron chi connectivity index (χ1n) is 9.19. The zero-order valence-electron chi connectivity index (χ0n) is 15.6. The van der Waals surface area contributed by atoms with E-state index in [4.69, 9.17) is 9.97 Å². The highest BCUT2D eigenvalue weighted by molar-refractivity contribution is 7.12. The summed E-state index contributed by atoms with van der Waals surface area (Å²) in [7, 11) is 0. The lowest BCUT2D eigenvalue weighted by atomic mass is 10.1. The summed E-state index contributed by atoms with van der Waals surface area (Å²) in [5, 5.41) is 1.13. The Morgan fingerprint density at radius 2 is 1.96 bits per heavy atom. The fourth-order valence-electron chi connectivity index (χ4n) is 3.40. The summed E-state index contributed by atoms with van der Waals surface area (Å²) in [6, 6.07) is 10.5. The molecular weight excluding hydrogens is 340 g/mol. The van der Waals surface area contributed by atoms with Gasteiger partial charge in [0.2, 0.25) is 0 Å². The first-order valence-corrected chi connectivity index (χ1v) is 10.0. The largest absolute Gasteiger partial charge is 0.293 e. The van der Waals surface area contributed by atoms with Crippen LogP contribution in [0.15, 0.2) is 36.5 Å². The summed E-state index contributed by atoms with van der Waals surface area (Å²) in [5.74, 6) is 1.34. The monoisotopic (exact) mass is 364 g/mol. The molecule has 134 valence electrons. The molecule has 0 unspecified atom stereocenters. The van der Waals surface area contributed by atoms with Crippen molar-refractivity contribution in [2.75, 3.05) is 6.54 Å². The van der Waals surface area contributed by atoms with E-state index in [0.29, 0.717) is 5.92 Å². The smallest absolute Gasteiger partial charge is 0.131 e. The average molecular weight is 365 g/mol. The number of hydrogen-bond acceptors (Lipinski definition) is 5. The second-order valence-electron chi connectivity index (χ2n) is 7.19. The Bertz CT molecular complexity index is 902. The summed E-state index contributed by atoms with van der Waals surface area (Å²) < 4.78 is 0. The van der Waals surface area contributed by atoms with Crippen LogP contribution < -0.4 is 0 Å². The highest BCUT2D eigenvalue weighted by Gasteiger charge is 2.21. The number of thiazole rings is 1. The number of nitrogens with zero attached hydrogens (tertiary/aromatic N) is 4. The lowest BCUT2D eigenvalue weighted by Gasteiger charge is -2.28. The van der Waals surface area contributed by atoms with E-state index in [1.165, 1.54) is 21.7 Å². The van der Waals surface area contributed by atoms with E-state index >= 15 is 0 Å². The van der Waals surface area contributed by atoms with Crippen LogP contribution in [0, 0.1) is 6.92 Å². The van der Waals surface area contributed by atoms with E-state index < -0.39 is 0 Å². The molecule has 2 aromatic heterocycles. The van der Waals surface area contributed by atoms with Crippen LogP contribution in [0.3, 0.4) is 0 Å². The molecule has 3 aromatic rings. The summed E-state index contributed by atoms with van der Waals surface area (Å²) in [5.41, 5.74) is 4.83. The van der Waals surface area contributed by atoms with Gasteiger partial charge in [0.25, 0.3) is 0 Å². The Morgan fingerprint density at radius 1 is 1.15 bits per heavy atom. The topological polar surface area (TPSA) is 41.9 Å². The fourth-order valence-corrected chi connectivity index (χ4v) is 4.41. The molecule has 0 amide bonds. The fraction of sp³-hybridized carbons (Fsp3) is 0.381. The molecule has 0 saturated carbocycles. The van der Waals surface area contributed by atoms with Gasteiger partial charge in [-0.1, -0.05) is 44.2 Å². The number of aryl methyl sites for hydroxylation is 1. The highest BCUT2D eigenvalue weighted by atomic mass is 32.1. The minimum atomic E-state index is 0.381. The number of hydrogen-bond donors (Lipinski definition) is 0. The van der Waals surface area contributed by atoms with Gasteiger partial charge in [-0.05, 0) is 6.92 Å². The summed E-state index contributed by atoms with van der Waals surface area (Å²) in [6.07, 6.45) is 3.02. The average Bonchev–Trinajstić information content (AvgIpc) is 3.02. The Morgan fingerprint density at radius 3 is 2.73 bits per heavy atom. The van der Waals surface area contributed by atoms with E-state index in [1.807, 2.05) is 6.20 Å². The van der Waals surface area contributed by atoms with Gasteiger partial charge in [0.05, 0.1) is 10.7 Å². The van der Waals surface area contributed by atoms with E-state index in [1.54, 1.807) is 11.3 Å². The van der Waals surface area contributed by atoms with Crippen LogP contribution in [-0.4, -0.2) is 26.4 Å². The van der Waals surface area contributed by atoms with Crippen LogP contribution >= 0.6 is 11.3 Å². The maximum Gasteiger partial charge on any atom is 0.131 e. The summed E-state index contributed by atoms with van der Waals surface area (Å²) >= 11 is 1.81. The SMILES string of the molecule is Cc1nc(-c2ccccc2)c(CN2CCc3nc(C(C)C)ncc3C2)s1. The van der Waals surface area contributed by atoms with Crippen molar-refractivity contribution in [3.8, 4) is 11.3 Å². The molecule has 1 aliphatic heterocycles. The Balaban J connectivity index is 1.55. The highest BCUT2D eigenvalue weighted by Crippen LogP contribution is 2.30. The quantitative estimate of drug-likeness (QED) is 0.679. The van der Waals surface area contributed by atoms with Crippen LogP contribution in [0.2, 0.25) is 0 Å². The van der Waals surface area contributed by atoms with Gasteiger partial charge in [-0.2, -0.15) is 0 Å². The van der Waals surface area contributed by atoms with Gasteiger partial charge < -0.3 is 0 Å². The Labute approximate surface area is 159 Å². The lowest BCUT2D eigenvalue weighted by Crippen LogP contribution is -2.31. The normalized spacial score (nSPS) is 14.6. The predicted molar refractivity (Wildman–Crippen MR) is 106 cm³/mol. The van der Waals surface area contributed by atoms with Crippen molar-refractivity contribution >= 4 is 11.3 Å². The molecular formula is C21H24N4S. The first-order chi connectivity index (χ1) is 12.6. The minimum Gasteiger partial charge on any atom is -0.293 e. The van der Waals surface area contributed by atoms with Crippen molar-refractivity contribution in [3.63, 3.8) is 0 Å². The molecule has 0 fully saturated rings. The van der Waals surface area contributed by atoms with Crippen LogP contribution in [-0.2, 0) is 19.5 Å². The van der Waals surface area contributed by atoms with Gasteiger partial charge in [-0.25, -0.2) is 15.0 Å². The van der Waals surface area contributed by atoms with E-state index in [2.05, 4.69) is 61.0 Å². The van der Waals surface area contributed by atoms with E-state index in [0.717, 1.165) is 42.6 Å². The number of benzene rings is 1. The molecule has 0 radical (unpaired) electrons. The number of aromatic nitrogens is 3. The third kappa shape index (κ3) is 3.55. The maximum absolute atomic E-state index is 4.79. The predicted octanol–water partition coefficient (Wildman–Crippen LogP) is 4.59. The van der Waals surface area contributed by atoms with Crippen LogP contribution in [0.25, 0.3) is 11.3 Å². The molecule has 4 rings (SSSR count). The second kappa shape index (κ2) is 7.25. The third-order valence-corrected chi connectivity index (χ3v) is 5.72.